The van der Waals surface area contributed by atoms with Gasteiger partial charge < -0.3 is 10.5 Å². The van der Waals surface area contributed by atoms with Crippen LogP contribution in [-0.2, 0) is 6.42 Å². The number of aromatic amines is 1. The van der Waals surface area contributed by atoms with Crippen molar-refractivity contribution in [1.82, 2.24) is 10.2 Å². The van der Waals surface area contributed by atoms with E-state index >= 15 is 0 Å². The summed E-state index contributed by atoms with van der Waals surface area (Å²) in [5, 5.41) is 17.0. The number of nitrogens with one attached hydrogen (secondary N) is 1. The van der Waals surface area contributed by atoms with Crippen LogP contribution in [0.5, 0.6) is 5.88 Å². The SMILES string of the molecule is CCc1ccc(C2C(C#N)=C(N)Oc3n[nH]c(-c4ccccc4)c32)s1. The fourth-order valence-corrected chi connectivity index (χ4v) is 4.17. The summed E-state index contributed by atoms with van der Waals surface area (Å²) >= 11 is 1.69. The number of hydrogen-bond acceptors (Lipinski definition) is 5. The Morgan fingerprint density at radius 1 is 1.28 bits per heavy atom. The number of thiophene rings is 1. The minimum Gasteiger partial charge on any atom is -0.420 e. The van der Waals surface area contributed by atoms with Crippen LogP contribution in [-0.4, -0.2) is 10.2 Å². The normalized spacial score (nSPS) is 16.2. The number of benzene rings is 1. The molecule has 2 aromatic heterocycles. The summed E-state index contributed by atoms with van der Waals surface area (Å²) in [6.07, 6.45) is 0.957. The molecule has 0 bridgehead atoms. The smallest absolute Gasteiger partial charge is 0.244 e. The lowest BCUT2D eigenvalue weighted by Crippen LogP contribution is -2.20. The van der Waals surface area contributed by atoms with Crippen LogP contribution in [0.15, 0.2) is 53.9 Å². The molecule has 0 fully saturated rings. The fourth-order valence-electron chi connectivity index (χ4n) is 3.09. The highest BCUT2D eigenvalue weighted by atomic mass is 32.1. The van der Waals surface area contributed by atoms with Crippen LogP contribution >= 0.6 is 11.3 Å². The topological polar surface area (TPSA) is 87.7 Å². The lowest BCUT2D eigenvalue weighted by Gasteiger charge is -2.22. The van der Waals surface area contributed by atoms with E-state index in [0.717, 1.165) is 28.1 Å². The van der Waals surface area contributed by atoms with Crippen LogP contribution in [0.2, 0.25) is 0 Å². The lowest BCUT2D eigenvalue weighted by molar-refractivity contribution is 0.379. The van der Waals surface area contributed by atoms with E-state index in [1.54, 1.807) is 11.3 Å². The highest BCUT2D eigenvalue weighted by Crippen LogP contribution is 2.47. The standard InChI is InChI=1S/C19H16N4OS/c1-2-12-8-9-14(25-12)15-13(10-20)18(21)24-19-16(15)17(22-23-19)11-6-4-3-5-7-11/h3-9,15H,2,21H2,1H3,(H,22,23). The second-order valence-corrected chi connectivity index (χ2v) is 6.97. The van der Waals surface area contributed by atoms with Gasteiger partial charge in [-0.3, -0.25) is 5.10 Å². The highest BCUT2D eigenvalue weighted by molar-refractivity contribution is 7.12. The van der Waals surface area contributed by atoms with Crippen LogP contribution < -0.4 is 10.5 Å². The first kappa shape index (κ1) is 15.5. The van der Waals surface area contributed by atoms with Crippen molar-refractivity contribution in [3.8, 4) is 23.2 Å². The maximum atomic E-state index is 9.69. The van der Waals surface area contributed by atoms with Crippen molar-refractivity contribution in [3.63, 3.8) is 0 Å². The Morgan fingerprint density at radius 2 is 2.08 bits per heavy atom. The largest absolute Gasteiger partial charge is 0.420 e. The van der Waals surface area contributed by atoms with Gasteiger partial charge in [-0.25, -0.2) is 0 Å². The molecule has 1 aliphatic heterocycles. The van der Waals surface area contributed by atoms with E-state index in [9.17, 15) is 5.26 Å². The van der Waals surface area contributed by atoms with E-state index in [-0.39, 0.29) is 11.8 Å². The second-order valence-electron chi connectivity index (χ2n) is 5.77. The van der Waals surface area contributed by atoms with E-state index < -0.39 is 0 Å². The summed E-state index contributed by atoms with van der Waals surface area (Å²) in [7, 11) is 0. The third-order valence-electron chi connectivity index (χ3n) is 4.32. The summed E-state index contributed by atoms with van der Waals surface area (Å²) in [5.74, 6) is 0.289. The number of aromatic nitrogens is 2. The molecule has 1 aromatic carbocycles. The molecule has 3 aromatic rings. The first-order valence-electron chi connectivity index (χ1n) is 8.02. The van der Waals surface area contributed by atoms with Crippen molar-refractivity contribution >= 4 is 11.3 Å². The molecule has 0 radical (unpaired) electrons. The number of allylic oxidation sites excluding steroid dienone is 1. The van der Waals surface area contributed by atoms with Gasteiger partial charge in [0, 0.05) is 9.75 Å². The van der Waals surface area contributed by atoms with Gasteiger partial charge in [0.15, 0.2) is 0 Å². The number of ether oxygens (including phenoxy) is 1. The maximum Gasteiger partial charge on any atom is 0.244 e. The Morgan fingerprint density at radius 3 is 2.76 bits per heavy atom. The van der Waals surface area contributed by atoms with Crippen LogP contribution in [0.1, 0.15) is 28.2 Å². The van der Waals surface area contributed by atoms with E-state index in [2.05, 4.69) is 35.3 Å². The molecule has 0 saturated carbocycles. The second kappa shape index (κ2) is 6.11. The van der Waals surface area contributed by atoms with Crippen molar-refractivity contribution in [2.75, 3.05) is 0 Å². The van der Waals surface area contributed by atoms with E-state index in [0.29, 0.717) is 11.5 Å². The summed E-state index contributed by atoms with van der Waals surface area (Å²) in [5.41, 5.74) is 9.14. The van der Waals surface area contributed by atoms with Gasteiger partial charge in [-0.2, -0.15) is 5.26 Å². The molecule has 1 unspecified atom stereocenters. The van der Waals surface area contributed by atoms with Gasteiger partial charge in [0.2, 0.25) is 11.8 Å². The van der Waals surface area contributed by atoms with Gasteiger partial charge in [0.1, 0.15) is 11.6 Å². The number of rotatable bonds is 3. The number of hydrogen-bond donors (Lipinski definition) is 2. The molecule has 0 saturated heterocycles. The zero-order chi connectivity index (χ0) is 17.4. The van der Waals surface area contributed by atoms with Gasteiger partial charge in [-0.1, -0.05) is 37.3 Å². The molecule has 6 heteroatoms. The van der Waals surface area contributed by atoms with E-state index in [4.69, 9.17) is 10.5 Å². The quantitative estimate of drug-likeness (QED) is 0.751. The maximum absolute atomic E-state index is 9.69. The zero-order valence-corrected chi connectivity index (χ0v) is 14.4. The Hall–Kier alpha value is -3.04. The van der Waals surface area contributed by atoms with E-state index in [1.807, 2.05) is 30.3 Å². The van der Waals surface area contributed by atoms with Gasteiger partial charge in [-0.05, 0) is 24.1 Å². The van der Waals surface area contributed by atoms with Gasteiger partial charge in [0.25, 0.3) is 0 Å². The molecule has 4 rings (SSSR count). The first-order chi connectivity index (χ1) is 12.2. The number of nitriles is 1. The molecule has 3 N–H and O–H groups in total. The highest BCUT2D eigenvalue weighted by Gasteiger charge is 2.36. The molecule has 1 atom stereocenters. The van der Waals surface area contributed by atoms with Crippen LogP contribution in [0.25, 0.3) is 11.3 Å². The molecule has 0 amide bonds. The third kappa shape index (κ3) is 2.49. The Labute approximate surface area is 149 Å². The zero-order valence-electron chi connectivity index (χ0n) is 13.6. The third-order valence-corrected chi connectivity index (χ3v) is 5.61. The molecule has 25 heavy (non-hydrogen) atoms. The van der Waals surface area contributed by atoms with Gasteiger partial charge in [-0.15, -0.1) is 16.4 Å². The number of nitrogens with zero attached hydrogens (tertiary/aromatic N) is 2. The Balaban J connectivity index is 1.93. The average molecular weight is 348 g/mol. The average Bonchev–Trinajstić information content (AvgIpc) is 3.28. The van der Waals surface area contributed by atoms with Crippen molar-refractivity contribution in [3.05, 3.63) is 69.2 Å². The summed E-state index contributed by atoms with van der Waals surface area (Å²) in [4.78, 5) is 2.34. The molecule has 124 valence electrons. The summed E-state index contributed by atoms with van der Waals surface area (Å²) in [6, 6.07) is 16.3. The predicted molar refractivity (Wildman–Crippen MR) is 97.0 cm³/mol. The Bertz CT molecular complexity index is 994. The van der Waals surface area contributed by atoms with Crippen molar-refractivity contribution in [1.29, 1.82) is 5.26 Å². The molecular weight excluding hydrogens is 332 g/mol. The van der Waals surface area contributed by atoms with Crippen molar-refractivity contribution in [2.45, 2.75) is 19.3 Å². The lowest BCUT2D eigenvalue weighted by atomic mass is 9.87. The molecule has 1 aliphatic rings. The van der Waals surface area contributed by atoms with Crippen LogP contribution in [0, 0.1) is 11.3 Å². The molecule has 0 aliphatic carbocycles. The number of H-pyrrole nitrogens is 1. The molecule has 3 heterocycles. The monoisotopic (exact) mass is 348 g/mol. The first-order valence-corrected chi connectivity index (χ1v) is 8.84. The number of nitrogens with two attached hydrogens (primary N) is 1. The van der Waals surface area contributed by atoms with Crippen LogP contribution in [0.3, 0.4) is 0 Å². The minimum atomic E-state index is -0.270. The molecule has 5 nitrogen and oxygen atoms in total. The van der Waals surface area contributed by atoms with Gasteiger partial charge >= 0.3 is 0 Å². The fraction of sp³-hybridized carbons (Fsp3) is 0.158. The van der Waals surface area contributed by atoms with Crippen molar-refractivity contribution < 1.29 is 4.74 Å². The van der Waals surface area contributed by atoms with E-state index in [1.165, 1.54) is 4.88 Å². The summed E-state index contributed by atoms with van der Waals surface area (Å²) in [6.45, 7) is 2.12. The Kier molecular flexibility index (Phi) is 3.79. The minimum absolute atomic E-state index is 0.123. The predicted octanol–water partition coefficient (Wildman–Crippen LogP) is 3.92. The van der Waals surface area contributed by atoms with Crippen LogP contribution in [0.4, 0.5) is 0 Å². The summed E-state index contributed by atoms with van der Waals surface area (Å²) < 4.78 is 5.62. The van der Waals surface area contributed by atoms with Gasteiger partial charge in [0.05, 0.1) is 17.2 Å². The van der Waals surface area contributed by atoms with Crippen molar-refractivity contribution in [2.24, 2.45) is 5.73 Å². The number of aryl methyl sites for hydroxylation is 1. The molecule has 0 spiro atoms. The molecular formula is C19H16N4OS. The number of fused-ring (bicyclic) bond motifs is 1.